The number of methoxy groups -OCH3 is 1. The SMILES string of the molecule is C=C/C(OC)=C(\C=C(/CN(CC)CCN(CC)C(=O)OC(C)(C)C)[N+](=O)[O-])Nc1nccc(-c2c3n(c4ccccc24)CCOC3)n1. The first-order valence-corrected chi connectivity index (χ1v) is 15.7. The van der Waals surface area contributed by atoms with Gasteiger partial charge in [0.2, 0.25) is 5.95 Å². The molecule has 0 spiro atoms. The van der Waals surface area contributed by atoms with Crippen molar-refractivity contribution in [2.45, 2.75) is 53.4 Å². The molecule has 0 bridgehead atoms. The molecule has 0 fully saturated rings. The third-order valence-electron chi connectivity index (χ3n) is 7.70. The number of para-hydroxylation sites is 1. The molecule has 252 valence electrons. The number of benzene rings is 1. The van der Waals surface area contributed by atoms with Crippen LogP contribution in [-0.4, -0.2) is 87.4 Å². The standard InChI is InChI=1S/C34H45N7O6/c1-8-30(45-7)27(21-24(41(43)44)22-38(9-2)17-18-39(10-3)33(42)47-34(4,5)6)37-32-35-16-15-26(36-32)31-25-13-11-12-14-28(25)40-19-20-46-23-29(31)40/h8,11-16,21H,1,9-10,17-20,22-23H2,2-7H3,(H,35,36,37)/b24-21+,30-27-. The van der Waals surface area contributed by atoms with Crippen LogP contribution in [0, 0.1) is 10.1 Å². The van der Waals surface area contributed by atoms with Crippen molar-refractivity contribution in [2.24, 2.45) is 0 Å². The number of carbonyl (C=O) groups excluding carboxylic acids is 1. The van der Waals surface area contributed by atoms with E-state index in [1.54, 1.807) is 11.1 Å². The van der Waals surface area contributed by atoms with Crippen LogP contribution in [-0.2, 0) is 27.4 Å². The van der Waals surface area contributed by atoms with Crippen LogP contribution in [0.25, 0.3) is 22.2 Å². The summed E-state index contributed by atoms with van der Waals surface area (Å²) in [7, 11) is 1.46. The van der Waals surface area contributed by atoms with Crippen LogP contribution in [0.1, 0.15) is 40.3 Å². The molecular formula is C34H45N7O6. The number of nitro groups is 1. The van der Waals surface area contributed by atoms with E-state index in [1.165, 1.54) is 19.3 Å². The predicted octanol–water partition coefficient (Wildman–Crippen LogP) is 5.82. The number of aromatic nitrogens is 3. The minimum Gasteiger partial charge on any atom is -0.495 e. The molecule has 47 heavy (non-hydrogen) atoms. The first-order chi connectivity index (χ1) is 22.5. The zero-order valence-corrected chi connectivity index (χ0v) is 28.1. The number of nitrogens with one attached hydrogen (secondary N) is 1. The van der Waals surface area contributed by atoms with Gasteiger partial charge in [0, 0.05) is 54.9 Å². The number of hydrogen-bond acceptors (Lipinski definition) is 10. The normalized spacial score (nSPS) is 14.0. The highest BCUT2D eigenvalue weighted by Gasteiger charge is 2.25. The molecule has 1 N–H and O–H groups in total. The number of ether oxygens (including phenoxy) is 3. The van der Waals surface area contributed by atoms with E-state index in [0.29, 0.717) is 45.1 Å². The summed E-state index contributed by atoms with van der Waals surface area (Å²) in [6, 6.07) is 10.0. The first kappa shape index (κ1) is 35.1. The third kappa shape index (κ3) is 8.74. The molecule has 13 heteroatoms. The van der Waals surface area contributed by atoms with Gasteiger partial charge in [-0.1, -0.05) is 31.7 Å². The number of anilines is 1. The molecule has 1 aliphatic heterocycles. The molecule has 0 radical (unpaired) electrons. The molecular weight excluding hydrogens is 602 g/mol. The van der Waals surface area contributed by atoms with Crippen LogP contribution in [0.2, 0.25) is 0 Å². The highest BCUT2D eigenvalue weighted by atomic mass is 16.6. The maximum Gasteiger partial charge on any atom is 0.410 e. The Balaban J connectivity index is 1.61. The summed E-state index contributed by atoms with van der Waals surface area (Å²) >= 11 is 0. The monoisotopic (exact) mass is 647 g/mol. The van der Waals surface area contributed by atoms with Crippen LogP contribution in [0.5, 0.6) is 0 Å². The van der Waals surface area contributed by atoms with E-state index in [2.05, 4.69) is 33.6 Å². The van der Waals surface area contributed by atoms with E-state index in [4.69, 9.17) is 19.2 Å². The number of fused-ring (bicyclic) bond motifs is 3. The third-order valence-corrected chi connectivity index (χ3v) is 7.70. The molecule has 1 aliphatic rings. The van der Waals surface area contributed by atoms with Crippen molar-refractivity contribution < 1.29 is 23.9 Å². The van der Waals surface area contributed by atoms with Gasteiger partial charge in [-0.2, -0.15) is 0 Å². The molecule has 2 aromatic heterocycles. The number of amides is 1. The summed E-state index contributed by atoms with van der Waals surface area (Å²) in [5.41, 5.74) is 3.35. The summed E-state index contributed by atoms with van der Waals surface area (Å²) in [5, 5.41) is 16.5. The zero-order chi connectivity index (χ0) is 34.1. The molecule has 13 nitrogen and oxygen atoms in total. The minimum absolute atomic E-state index is 0.0124. The first-order valence-electron chi connectivity index (χ1n) is 15.7. The molecule has 0 atom stereocenters. The lowest BCUT2D eigenvalue weighted by molar-refractivity contribution is -0.428. The molecule has 4 rings (SSSR count). The van der Waals surface area contributed by atoms with Gasteiger partial charge in [-0.05, 0) is 52.4 Å². The van der Waals surface area contributed by atoms with Crippen molar-refractivity contribution in [1.29, 1.82) is 0 Å². The fourth-order valence-corrected chi connectivity index (χ4v) is 5.39. The minimum atomic E-state index is -0.622. The molecule has 0 aliphatic carbocycles. The topological polar surface area (TPSA) is 137 Å². The Kier molecular flexibility index (Phi) is 11.7. The highest BCUT2D eigenvalue weighted by Crippen LogP contribution is 2.36. The summed E-state index contributed by atoms with van der Waals surface area (Å²) in [5.74, 6) is 0.514. The smallest absolute Gasteiger partial charge is 0.410 e. The molecule has 3 aromatic rings. The number of hydrogen-bond donors (Lipinski definition) is 1. The van der Waals surface area contributed by atoms with Gasteiger partial charge in [0.1, 0.15) is 11.4 Å². The van der Waals surface area contributed by atoms with E-state index < -0.39 is 16.6 Å². The second-order valence-corrected chi connectivity index (χ2v) is 11.9. The average Bonchev–Trinajstić information content (AvgIpc) is 3.38. The van der Waals surface area contributed by atoms with Gasteiger partial charge in [0.25, 0.3) is 5.70 Å². The summed E-state index contributed by atoms with van der Waals surface area (Å²) in [6.45, 7) is 16.6. The van der Waals surface area contributed by atoms with E-state index in [0.717, 1.165) is 28.7 Å². The van der Waals surface area contributed by atoms with E-state index in [1.807, 2.05) is 57.7 Å². The molecule has 3 heterocycles. The van der Waals surface area contributed by atoms with Crippen LogP contribution in [0.15, 0.2) is 72.4 Å². The average molecular weight is 648 g/mol. The van der Waals surface area contributed by atoms with Gasteiger partial charge in [0.05, 0.1) is 48.9 Å². The molecule has 0 saturated carbocycles. The number of allylic oxidation sites excluding steroid dienone is 2. The number of nitrogens with zero attached hydrogens (tertiary/aromatic N) is 6. The lowest BCUT2D eigenvalue weighted by Crippen LogP contribution is -2.42. The largest absolute Gasteiger partial charge is 0.495 e. The van der Waals surface area contributed by atoms with E-state index >= 15 is 0 Å². The molecule has 0 saturated heterocycles. The van der Waals surface area contributed by atoms with Crippen LogP contribution < -0.4 is 5.32 Å². The predicted molar refractivity (Wildman–Crippen MR) is 181 cm³/mol. The Bertz CT molecular complexity index is 1660. The number of likely N-dealkylation sites (N-methyl/N-ethyl adjacent to an activating group) is 2. The van der Waals surface area contributed by atoms with Gasteiger partial charge in [-0.25, -0.2) is 14.8 Å². The second kappa shape index (κ2) is 15.7. The Hall–Kier alpha value is -4.75. The van der Waals surface area contributed by atoms with Gasteiger partial charge in [-0.3, -0.25) is 15.0 Å². The fraction of sp³-hybridized carbons (Fsp3) is 0.441. The summed E-state index contributed by atoms with van der Waals surface area (Å²) in [6.07, 6.45) is 4.10. The van der Waals surface area contributed by atoms with Crippen molar-refractivity contribution >= 4 is 22.9 Å². The maximum atomic E-state index is 12.6. The lowest BCUT2D eigenvalue weighted by Gasteiger charge is -2.28. The van der Waals surface area contributed by atoms with E-state index in [9.17, 15) is 14.9 Å². The number of carbonyl (C=O) groups is 1. The maximum absolute atomic E-state index is 12.6. The van der Waals surface area contributed by atoms with Gasteiger partial charge in [0.15, 0.2) is 0 Å². The Morgan fingerprint density at radius 1 is 1.21 bits per heavy atom. The Morgan fingerprint density at radius 2 is 1.98 bits per heavy atom. The van der Waals surface area contributed by atoms with Crippen molar-refractivity contribution in [3.05, 3.63) is 88.2 Å². The van der Waals surface area contributed by atoms with Crippen molar-refractivity contribution in [1.82, 2.24) is 24.3 Å². The van der Waals surface area contributed by atoms with Crippen LogP contribution >= 0.6 is 0 Å². The van der Waals surface area contributed by atoms with Crippen LogP contribution in [0.3, 0.4) is 0 Å². The quantitative estimate of drug-likeness (QED) is 0.0986. The van der Waals surface area contributed by atoms with E-state index in [-0.39, 0.29) is 29.6 Å². The highest BCUT2D eigenvalue weighted by molar-refractivity contribution is 5.97. The molecule has 1 aromatic carbocycles. The van der Waals surface area contributed by atoms with Crippen molar-refractivity contribution in [3.8, 4) is 11.3 Å². The van der Waals surface area contributed by atoms with Gasteiger partial charge < -0.3 is 29.0 Å². The number of rotatable bonds is 14. The molecule has 0 unspecified atom stereocenters. The van der Waals surface area contributed by atoms with Gasteiger partial charge >= 0.3 is 6.09 Å². The Morgan fingerprint density at radius 3 is 2.64 bits per heavy atom. The summed E-state index contributed by atoms with van der Waals surface area (Å²) < 4.78 is 19.1. The zero-order valence-electron chi connectivity index (χ0n) is 28.1. The van der Waals surface area contributed by atoms with Crippen molar-refractivity contribution in [2.75, 3.05) is 51.8 Å². The molecule has 1 amide bonds. The second-order valence-electron chi connectivity index (χ2n) is 11.9. The summed E-state index contributed by atoms with van der Waals surface area (Å²) in [4.78, 5) is 37.2. The van der Waals surface area contributed by atoms with Crippen molar-refractivity contribution in [3.63, 3.8) is 0 Å². The van der Waals surface area contributed by atoms with Gasteiger partial charge in [-0.15, -0.1) is 0 Å². The Labute approximate surface area is 275 Å². The lowest BCUT2D eigenvalue weighted by atomic mass is 10.1. The fourth-order valence-electron chi connectivity index (χ4n) is 5.39. The van der Waals surface area contributed by atoms with Crippen LogP contribution in [0.4, 0.5) is 10.7 Å².